The fourth-order valence-corrected chi connectivity index (χ4v) is 3.89. The van der Waals surface area contributed by atoms with E-state index < -0.39 is 12.1 Å². The minimum absolute atomic E-state index is 0.0186. The van der Waals surface area contributed by atoms with E-state index in [1.165, 1.54) is 4.90 Å². The number of amides is 3. The first-order valence-electron chi connectivity index (χ1n) is 10.1. The average molecular weight is 396 g/mol. The van der Waals surface area contributed by atoms with E-state index in [2.05, 4.69) is 5.32 Å². The van der Waals surface area contributed by atoms with Crippen molar-refractivity contribution >= 4 is 23.7 Å². The number of carbonyl (C=O) groups excluding carboxylic acids is 4. The van der Waals surface area contributed by atoms with Gasteiger partial charge in [0.15, 0.2) is 0 Å². The number of nitrogens with zero attached hydrogens (tertiary/aromatic N) is 1. The fourth-order valence-electron chi connectivity index (χ4n) is 3.89. The Morgan fingerprint density at radius 3 is 2.24 bits per heavy atom. The van der Waals surface area contributed by atoms with Gasteiger partial charge in [-0.05, 0) is 25.7 Å². The third-order valence-corrected chi connectivity index (χ3v) is 5.65. The van der Waals surface area contributed by atoms with Crippen LogP contribution in [0.25, 0.3) is 0 Å². The lowest BCUT2D eigenvalue weighted by molar-refractivity contribution is -0.157. The van der Waals surface area contributed by atoms with Crippen LogP contribution in [0.3, 0.4) is 0 Å². The third-order valence-electron chi connectivity index (χ3n) is 5.65. The van der Waals surface area contributed by atoms with Gasteiger partial charge in [0.05, 0.1) is 18.3 Å². The maximum atomic E-state index is 12.6. The minimum Gasteiger partial charge on any atom is -0.447 e. The summed E-state index contributed by atoms with van der Waals surface area (Å²) in [7, 11) is 0. The molecule has 152 valence electrons. The number of allylic oxidation sites excluding steroid dienone is 2. The van der Waals surface area contributed by atoms with E-state index in [0.717, 1.165) is 12.8 Å². The zero-order valence-corrected chi connectivity index (χ0v) is 16.1. The average Bonchev–Trinajstić information content (AvgIpc) is 3.52. The summed E-state index contributed by atoms with van der Waals surface area (Å²) in [6, 6.07) is 8.98. The SMILES string of the molecule is O=C(CCN1C(=O)[C@H]2CC=CC[C@@H]2C1=O)O[C@@H](C(=O)NC1CC1)c1ccccc1. The molecule has 0 spiro atoms. The van der Waals surface area contributed by atoms with Gasteiger partial charge < -0.3 is 10.1 Å². The van der Waals surface area contributed by atoms with Crippen molar-refractivity contribution < 1.29 is 23.9 Å². The van der Waals surface area contributed by atoms with Crippen molar-refractivity contribution in [3.63, 3.8) is 0 Å². The molecule has 1 saturated heterocycles. The van der Waals surface area contributed by atoms with E-state index in [0.29, 0.717) is 18.4 Å². The largest absolute Gasteiger partial charge is 0.447 e. The number of benzene rings is 1. The summed E-state index contributed by atoms with van der Waals surface area (Å²) < 4.78 is 5.46. The van der Waals surface area contributed by atoms with Crippen molar-refractivity contribution in [2.24, 2.45) is 11.8 Å². The number of hydrogen-bond acceptors (Lipinski definition) is 5. The smallest absolute Gasteiger partial charge is 0.308 e. The van der Waals surface area contributed by atoms with Gasteiger partial charge in [0.2, 0.25) is 17.9 Å². The molecule has 0 aromatic heterocycles. The van der Waals surface area contributed by atoms with Crippen LogP contribution < -0.4 is 5.32 Å². The Morgan fingerprint density at radius 1 is 1.03 bits per heavy atom. The molecule has 29 heavy (non-hydrogen) atoms. The summed E-state index contributed by atoms with van der Waals surface area (Å²) in [6.07, 6.45) is 5.65. The number of imide groups is 1. The van der Waals surface area contributed by atoms with Crippen LogP contribution in [0.15, 0.2) is 42.5 Å². The minimum atomic E-state index is -1.04. The number of hydrogen-bond donors (Lipinski definition) is 1. The molecule has 1 aromatic carbocycles. The highest BCUT2D eigenvalue weighted by Crippen LogP contribution is 2.35. The Bertz CT molecular complexity index is 820. The number of ether oxygens (including phenoxy) is 1. The van der Waals surface area contributed by atoms with E-state index in [1.54, 1.807) is 24.3 Å². The van der Waals surface area contributed by atoms with Crippen LogP contribution in [0.1, 0.15) is 43.8 Å². The van der Waals surface area contributed by atoms with Gasteiger partial charge in [-0.1, -0.05) is 42.5 Å². The summed E-state index contributed by atoms with van der Waals surface area (Å²) in [5.74, 6) is -2.03. The van der Waals surface area contributed by atoms with Crippen molar-refractivity contribution in [1.82, 2.24) is 10.2 Å². The zero-order chi connectivity index (χ0) is 20.4. The van der Waals surface area contributed by atoms with Crippen molar-refractivity contribution in [2.45, 2.75) is 44.2 Å². The van der Waals surface area contributed by atoms with Gasteiger partial charge in [0, 0.05) is 18.2 Å². The molecule has 1 aliphatic heterocycles. The van der Waals surface area contributed by atoms with Crippen molar-refractivity contribution in [3.05, 3.63) is 48.0 Å². The first-order chi connectivity index (χ1) is 14.0. The van der Waals surface area contributed by atoms with Crippen LogP contribution in [0.4, 0.5) is 0 Å². The van der Waals surface area contributed by atoms with E-state index in [9.17, 15) is 19.2 Å². The molecule has 1 N–H and O–H groups in total. The molecule has 2 aliphatic carbocycles. The topological polar surface area (TPSA) is 92.8 Å². The number of fused-ring (bicyclic) bond motifs is 1. The lowest BCUT2D eigenvalue weighted by atomic mass is 9.85. The molecular formula is C22H24N2O5. The van der Waals surface area contributed by atoms with Crippen molar-refractivity contribution in [3.8, 4) is 0 Å². The first kappa shape index (κ1) is 19.4. The molecule has 3 aliphatic rings. The van der Waals surface area contributed by atoms with Gasteiger partial charge in [0.1, 0.15) is 0 Å². The molecule has 7 nitrogen and oxygen atoms in total. The Balaban J connectivity index is 1.37. The summed E-state index contributed by atoms with van der Waals surface area (Å²) in [4.78, 5) is 51.2. The molecule has 0 unspecified atom stereocenters. The summed E-state index contributed by atoms with van der Waals surface area (Å²) in [5, 5.41) is 2.86. The van der Waals surface area contributed by atoms with E-state index in [-0.39, 0.29) is 48.6 Å². The maximum Gasteiger partial charge on any atom is 0.308 e. The molecular weight excluding hydrogens is 372 g/mol. The van der Waals surface area contributed by atoms with Crippen LogP contribution in [0, 0.1) is 11.8 Å². The number of carbonyl (C=O) groups is 4. The van der Waals surface area contributed by atoms with Gasteiger partial charge in [-0.2, -0.15) is 0 Å². The number of esters is 1. The molecule has 3 amide bonds. The molecule has 4 rings (SSSR count). The molecule has 1 heterocycles. The first-order valence-corrected chi connectivity index (χ1v) is 10.1. The number of rotatable bonds is 7. The quantitative estimate of drug-likeness (QED) is 0.432. The lowest BCUT2D eigenvalue weighted by Gasteiger charge is -2.19. The lowest BCUT2D eigenvalue weighted by Crippen LogP contribution is -2.35. The summed E-state index contributed by atoms with van der Waals surface area (Å²) in [6.45, 7) is -0.0186. The van der Waals surface area contributed by atoms with Gasteiger partial charge in [-0.15, -0.1) is 0 Å². The highest BCUT2D eigenvalue weighted by Gasteiger charge is 2.47. The maximum absolute atomic E-state index is 12.6. The third kappa shape index (κ3) is 4.23. The molecule has 1 aromatic rings. The van der Waals surface area contributed by atoms with Crippen LogP contribution in [0.5, 0.6) is 0 Å². The van der Waals surface area contributed by atoms with Gasteiger partial charge in [-0.3, -0.25) is 24.1 Å². The van der Waals surface area contributed by atoms with Crippen LogP contribution >= 0.6 is 0 Å². The molecule has 7 heteroatoms. The second-order valence-electron chi connectivity index (χ2n) is 7.80. The normalized spacial score (nSPS) is 24.2. The second kappa shape index (κ2) is 8.19. The summed E-state index contributed by atoms with van der Waals surface area (Å²) in [5.41, 5.74) is 0.587. The van der Waals surface area contributed by atoms with Crippen LogP contribution in [-0.2, 0) is 23.9 Å². The Morgan fingerprint density at radius 2 is 1.66 bits per heavy atom. The van der Waals surface area contributed by atoms with E-state index in [1.807, 2.05) is 18.2 Å². The standard InChI is InChI=1S/C22H24N2O5/c25-18(12-13-24-21(27)16-8-4-5-9-17(16)22(24)28)29-19(14-6-2-1-3-7-14)20(26)23-15-10-11-15/h1-7,15-17,19H,8-13H2,(H,23,26)/t16-,17-,19+/m0/s1. The van der Waals surface area contributed by atoms with Gasteiger partial charge in [-0.25, -0.2) is 0 Å². The molecule has 3 atom stereocenters. The highest BCUT2D eigenvalue weighted by atomic mass is 16.5. The van der Waals surface area contributed by atoms with Crippen molar-refractivity contribution in [1.29, 1.82) is 0 Å². The molecule has 0 bridgehead atoms. The van der Waals surface area contributed by atoms with Crippen LogP contribution in [-0.4, -0.2) is 41.2 Å². The zero-order valence-electron chi connectivity index (χ0n) is 16.1. The fraction of sp³-hybridized carbons (Fsp3) is 0.455. The Kier molecular flexibility index (Phi) is 5.47. The monoisotopic (exact) mass is 396 g/mol. The van der Waals surface area contributed by atoms with E-state index in [4.69, 9.17) is 4.74 Å². The van der Waals surface area contributed by atoms with Crippen LogP contribution in [0.2, 0.25) is 0 Å². The Hall–Kier alpha value is -2.96. The van der Waals surface area contributed by atoms with Gasteiger partial charge >= 0.3 is 5.97 Å². The highest BCUT2D eigenvalue weighted by molar-refractivity contribution is 6.05. The number of nitrogens with one attached hydrogen (secondary N) is 1. The predicted octanol–water partition coefficient (Wildman–Crippen LogP) is 1.89. The predicted molar refractivity (Wildman–Crippen MR) is 103 cm³/mol. The van der Waals surface area contributed by atoms with Crippen molar-refractivity contribution in [2.75, 3.05) is 6.54 Å². The molecule has 1 saturated carbocycles. The summed E-state index contributed by atoms with van der Waals surface area (Å²) >= 11 is 0. The second-order valence-corrected chi connectivity index (χ2v) is 7.80. The van der Waals surface area contributed by atoms with Gasteiger partial charge in [0.25, 0.3) is 5.91 Å². The van der Waals surface area contributed by atoms with E-state index >= 15 is 0 Å². The Labute approximate surface area is 169 Å². The molecule has 0 radical (unpaired) electrons. The number of likely N-dealkylation sites (tertiary alicyclic amines) is 1. The molecule has 2 fully saturated rings.